The molecule has 13 heavy (non-hydrogen) atoms. The van der Waals surface area contributed by atoms with Gasteiger partial charge in [0.2, 0.25) is 0 Å². The van der Waals surface area contributed by atoms with Crippen molar-refractivity contribution in [2.75, 3.05) is 0 Å². The number of rotatable bonds is 2. The van der Waals surface area contributed by atoms with Gasteiger partial charge in [-0.1, -0.05) is 0 Å². The monoisotopic (exact) mass is 256 g/mol. The smallest absolute Gasteiger partial charge is 0.211 e. The normalized spacial score (nSPS) is 13.8. The molecule has 0 aliphatic rings. The zero-order valence-corrected chi connectivity index (χ0v) is 8.66. The van der Waals surface area contributed by atoms with E-state index in [1.807, 2.05) is 0 Å². The molecule has 76 valence electrons. The van der Waals surface area contributed by atoms with Gasteiger partial charge >= 0.3 is 6.69 Å². The average Bonchev–Trinajstić information content (AvgIpc) is 2.01. The number of allylic oxidation sites excluding steroid dienone is 1. The Morgan fingerprint density at radius 1 is 0.923 bits per heavy atom. The van der Waals surface area contributed by atoms with Crippen LogP contribution in [0.25, 0.3) is 0 Å². The molecule has 0 atom stereocenters. The minimum absolute atomic E-state index is 0.602. The van der Waals surface area contributed by atoms with Crippen LogP contribution in [0.1, 0.15) is 6.92 Å². The lowest BCUT2D eigenvalue weighted by Gasteiger charge is -2.10. The van der Waals surface area contributed by atoms with E-state index in [-0.39, 0.29) is 0 Å². The summed E-state index contributed by atoms with van der Waals surface area (Å²) in [7, 11) is 0. The molecule has 0 nitrogen and oxygen atoms in total. The molecule has 0 saturated carbocycles. The largest absolute Gasteiger partial charge is 0.377 e. The lowest BCUT2D eigenvalue weighted by atomic mass is 10.7. The molecular weight excluding hydrogens is 254 g/mol. The SMILES string of the molecule is C/C(F)=C(\F)[Si](Cl)(Cl)C(F)=C(F)F. The van der Waals surface area contributed by atoms with Gasteiger partial charge in [-0.15, -0.1) is 22.2 Å². The average molecular weight is 257 g/mol. The van der Waals surface area contributed by atoms with Gasteiger partial charge in [0.05, 0.1) is 0 Å². The molecule has 0 aromatic heterocycles. The van der Waals surface area contributed by atoms with Crippen LogP contribution >= 0.6 is 22.2 Å². The molecule has 0 bridgehead atoms. The van der Waals surface area contributed by atoms with E-state index in [2.05, 4.69) is 0 Å². The molecule has 0 heterocycles. The summed E-state index contributed by atoms with van der Waals surface area (Å²) in [5, 5.41) is 0. The Morgan fingerprint density at radius 3 is 1.54 bits per heavy atom. The Kier molecular flexibility index (Phi) is 4.41. The van der Waals surface area contributed by atoms with Crippen molar-refractivity contribution in [1.29, 1.82) is 0 Å². The van der Waals surface area contributed by atoms with Crippen molar-refractivity contribution in [2.45, 2.75) is 6.92 Å². The van der Waals surface area contributed by atoms with E-state index in [1.54, 1.807) is 0 Å². The summed E-state index contributed by atoms with van der Waals surface area (Å²) in [5.41, 5.74) is -4.15. The van der Waals surface area contributed by atoms with Gasteiger partial charge in [0.1, 0.15) is 5.83 Å². The fourth-order valence-corrected chi connectivity index (χ4v) is 2.50. The first-order valence-corrected chi connectivity index (χ1v) is 6.85. The predicted molar refractivity (Wildman–Crippen MR) is 42.7 cm³/mol. The van der Waals surface area contributed by atoms with Crippen LogP contribution in [0, 0.1) is 0 Å². The Balaban J connectivity index is 5.23. The molecule has 0 fully saturated rings. The maximum absolute atomic E-state index is 12.6. The van der Waals surface area contributed by atoms with Crippen molar-refractivity contribution in [3.63, 3.8) is 0 Å². The quantitative estimate of drug-likeness (QED) is 0.394. The molecule has 0 unspecified atom stereocenters. The number of hydrogen-bond donors (Lipinski definition) is 0. The summed E-state index contributed by atoms with van der Waals surface area (Å²) >= 11 is 9.89. The molecule has 0 rings (SSSR count). The Hall–Kier alpha value is -0.0731. The van der Waals surface area contributed by atoms with Gasteiger partial charge in [-0.3, -0.25) is 0 Å². The second kappa shape index (κ2) is 4.43. The van der Waals surface area contributed by atoms with Crippen LogP contribution in [-0.2, 0) is 0 Å². The Morgan fingerprint density at radius 2 is 1.31 bits per heavy atom. The predicted octanol–water partition coefficient (Wildman–Crippen LogP) is 4.23. The summed E-state index contributed by atoms with van der Waals surface area (Å²) < 4.78 is 60.4. The van der Waals surface area contributed by atoms with Gasteiger partial charge in [0.15, 0.2) is 10.9 Å². The van der Waals surface area contributed by atoms with Gasteiger partial charge in [-0.25, -0.2) is 13.2 Å². The topological polar surface area (TPSA) is 0 Å². The van der Waals surface area contributed by atoms with Crippen molar-refractivity contribution >= 4 is 28.9 Å². The van der Waals surface area contributed by atoms with Crippen molar-refractivity contribution in [3.8, 4) is 0 Å². The molecule has 0 radical (unpaired) electrons. The zero-order valence-electron chi connectivity index (χ0n) is 6.15. The van der Waals surface area contributed by atoms with Crippen LogP contribution in [0.15, 0.2) is 22.8 Å². The highest BCUT2D eigenvalue weighted by Crippen LogP contribution is 2.37. The second-order valence-electron chi connectivity index (χ2n) is 2.00. The van der Waals surface area contributed by atoms with E-state index in [0.717, 1.165) is 0 Å². The summed E-state index contributed by atoms with van der Waals surface area (Å²) in [5.74, 6) is -1.51. The second-order valence-corrected chi connectivity index (χ2v) is 8.01. The highest BCUT2D eigenvalue weighted by Gasteiger charge is 2.45. The maximum atomic E-state index is 12.6. The summed E-state index contributed by atoms with van der Waals surface area (Å²) in [6.07, 6.45) is -2.84. The highest BCUT2D eigenvalue weighted by atomic mass is 35.7. The fraction of sp³-hybridized carbons (Fsp3) is 0.200. The Labute approximate surface area is 81.0 Å². The third-order valence-corrected chi connectivity index (χ3v) is 4.65. The first-order valence-electron chi connectivity index (χ1n) is 2.82. The first kappa shape index (κ1) is 12.9. The number of halogens is 7. The zero-order chi connectivity index (χ0) is 10.8. The van der Waals surface area contributed by atoms with E-state index in [4.69, 9.17) is 22.2 Å². The van der Waals surface area contributed by atoms with E-state index < -0.39 is 29.5 Å². The fourth-order valence-electron chi connectivity index (χ4n) is 0.431. The van der Waals surface area contributed by atoms with Crippen molar-refractivity contribution < 1.29 is 22.0 Å². The molecule has 0 aromatic carbocycles. The molecule has 0 aliphatic heterocycles. The van der Waals surface area contributed by atoms with Crippen LogP contribution in [0.5, 0.6) is 0 Å². The van der Waals surface area contributed by atoms with Crippen molar-refractivity contribution in [3.05, 3.63) is 22.8 Å². The maximum Gasteiger partial charge on any atom is 0.377 e. The molecular formula is C5H3Cl2F5Si. The summed E-state index contributed by atoms with van der Waals surface area (Å²) in [6.45, 7) is -4.19. The van der Waals surface area contributed by atoms with Crippen LogP contribution in [0.2, 0.25) is 0 Å². The van der Waals surface area contributed by atoms with Gasteiger partial charge in [-0.2, -0.15) is 8.78 Å². The molecule has 0 aromatic rings. The van der Waals surface area contributed by atoms with Crippen LogP contribution < -0.4 is 0 Å². The van der Waals surface area contributed by atoms with E-state index in [0.29, 0.717) is 6.92 Å². The molecule has 0 aliphatic carbocycles. The van der Waals surface area contributed by atoms with Gasteiger partial charge in [0.25, 0.3) is 6.08 Å². The molecule has 0 amide bonds. The molecule has 0 saturated heterocycles. The van der Waals surface area contributed by atoms with E-state index in [9.17, 15) is 22.0 Å². The first-order chi connectivity index (χ1) is 5.71. The summed E-state index contributed by atoms with van der Waals surface area (Å²) in [4.78, 5) is 0. The minimum Gasteiger partial charge on any atom is -0.211 e. The van der Waals surface area contributed by atoms with Crippen LogP contribution in [0.4, 0.5) is 22.0 Å². The molecule has 0 N–H and O–H groups in total. The third kappa shape index (κ3) is 2.96. The van der Waals surface area contributed by atoms with Crippen LogP contribution in [0.3, 0.4) is 0 Å². The van der Waals surface area contributed by atoms with Gasteiger partial charge in [-0.05, 0) is 6.92 Å². The van der Waals surface area contributed by atoms with Crippen molar-refractivity contribution in [1.82, 2.24) is 0 Å². The standard InChI is InChI=1S/C5H3Cl2F5Si/c1-2(8)4(11)13(6,7)5(12)3(9)10/h1H3/b4-2-. The Bertz CT molecular complexity index is 238. The third-order valence-electron chi connectivity index (χ3n) is 1.02. The lowest BCUT2D eigenvalue weighted by molar-refractivity contribution is 0.391. The lowest BCUT2D eigenvalue weighted by Crippen LogP contribution is -2.24. The van der Waals surface area contributed by atoms with E-state index >= 15 is 0 Å². The minimum atomic E-state index is -4.79. The molecule has 8 heteroatoms. The number of hydrogen-bond acceptors (Lipinski definition) is 0. The van der Waals surface area contributed by atoms with Crippen molar-refractivity contribution in [2.24, 2.45) is 0 Å². The highest BCUT2D eigenvalue weighted by molar-refractivity contribution is 7.51. The molecule has 0 spiro atoms. The van der Waals surface area contributed by atoms with E-state index in [1.165, 1.54) is 0 Å². The van der Waals surface area contributed by atoms with Crippen LogP contribution in [-0.4, -0.2) is 6.69 Å². The van der Waals surface area contributed by atoms with Gasteiger partial charge in [0, 0.05) is 0 Å². The summed E-state index contributed by atoms with van der Waals surface area (Å²) in [6, 6.07) is 0. The van der Waals surface area contributed by atoms with Gasteiger partial charge < -0.3 is 0 Å².